The third kappa shape index (κ3) is 329. The van der Waals surface area contributed by atoms with Gasteiger partial charge in [-0.25, -0.2) is 0 Å². The van der Waals surface area contributed by atoms with E-state index in [0.29, 0.717) is 0 Å². The predicted octanol–water partition coefficient (Wildman–Crippen LogP) is 0.195. The molecule has 0 bridgehead atoms. The van der Waals surface area contributed by atoms with Gasteiger partial charge in [0.1, 0.15) is 0 Å². The Bertz CT molecular complexity index is 97.3. The van der Waals surface area contributed by atoms with Gasteiger partial charge in [0.2, 0.25) is 0 Å². The monoisotopic (exact) mass is 421 g/mol. The van der Waals surface area contributed by atoms with E-state index in [1.807, 2.05) is 0 Å². The second-order valence-corrected chi connectivity index (χ2v) is 0. The Morgan fingerprint density at radius 3 is 0.357 bits per heavy atom. The van der Waals surface area contributed by atoms with Crippen molar-refractivity contribution in [1.82, 2.24) is 0 Å². The van der Waals surface area contributed by atoms with Gasteiger partial charge in [-0.2, -0.15) is 0 Å². The Labute approximate surface area is 114 Å². The summed E-state index contributed by atoms with van der Waals surface area (Å²) < 4.78 is 0. The van der Waals surface area contributed by atoms with Crippen molar-refractivity contribution in [2.45, 2.75) is 0 Å². The molecule has 0 aromatic carbocycles. The molecule has 14 heavy (non-hydrogen) atoms. The zero-order valence-electron chi connectivity index (χ0n) is 6.48. The van der Waals surface area contributed by atoms with Gasteiger partial charge in [-0.05, 0) is 0 Å². The van der Waals surface area contributed by atoms with Gasteiger partial charge in [-0.3, -0.25) is 0 Å². The van der Waals surface area contributed by atoms with E-state index < -0.39 is 0 Å². The Morgan fingerprint density at radius 2 is 0.357 bits per heavy atom. The van der Waals surface area contributed by atoms with Gasteiger partial charge >= 0.3 is 43.3 Å². The normalized spacial score (nSPS) is 0.857. The molecule has 0 aliphatic rings. The van der Waals surface area contributed by atoms with Crippen molar-refractivity contribution < 1.29 is 17.1 Å². The summed E-state index contributed by atoms with van der Waals surface area (Å²) in [6, 6.07) is 0. The molecule has 0 aliphatic heterocycles. The fourth-order valence-corrected chi connectivity index (χ4v) is 0. The van der Waals surface area contributed by atoms with Crippen LogP contribution in [0.4, 0.5) is 0 Å². The molecule has 0 aromatic heterocycles. The standard InChI is InChI=1S/6CN.Bi.Fe/c6*1-2;;/q6*-1;2*+3. The molecular weight excluding hydrogens is 421 g/mol. The molecule has 0 saturated heterocycles. The van der Waals surface area contributed by atoms with Crippen LogP contribution < -0.4 is 0 Å². The minimum Gasteiger partial charge on any atom is -0.512 e. The van der Waals surface area contributed by atoms with Crippen LogP contribution in [0.2, 0.25) is 0 Å². The zero-order chi connectivity index (χ0) is 12.0. The SMILES string of the molecule is [Bi+3].[C-]#N.[C-]#N.[C-]#N.[C-]#N.[C-]#N.[C-]#N.[Fe+3]. The molecule has 0 atom stereocenters. The maximum Gasteiger partial charge on any atom is 3.00 e. The van der Waals surface area contributed by atoms with Crippen molar-refractivity contribution in [3.8, 4) is 0 Å². The number of hydrogen-bond acceptors (Lipinski definition) is 6. The van der Waals surface area contributed by atoms with E-state index in [4.69, 9.17) is 71.0 Å². The molecule has 0 rings (SSSR count). The summed E-state index contributed by atoms with van der Waals surface area (Å²) in [6.07, 6.45) is 0. The van der Waals surface area contributed by atoms with Crippen LogP contribution in [0.3, 0.4) is 0 Å². The smallest absolute Gasteiger partial charge is 0.512 e. The van der Waals surface area contributed by atoms with Crippen molar-refractivity contribution in [2.24, 2.45) is 0 Å². The van der Waals surface area contributed by atoms with Crippen LogP contribution in [0.15, 0.2) is 0 Å². The van der Waals surface area contributed by atoms with E-state index in [0.717, 1.165) is 0 Å². The topological polar surface area (TPSA) is 143 Å². The van der Waals surface area contributed by atoms with Crippen molar-refractivity contribution in [2.75, 3.05) is 0 Å². The fraction of sp³-hybridized carbons (Fsp3) is 0. The molecule has 0 unspecified atom stereocenters. The van der Waals surface area contributed by atoms with Crippen molar-refractivity contribution in [3.63, 3.8) is 0 Å². The Balaban J connectivity index is -0.00000000500. The minimum atomic E-state index is 0. The van der Waals surface area contributed by atoms with Crippen LogP contribution >= 0.6 is 0 Å². The Hall–Kier alpha value is -1.66. The minimum absolute atomic E-state index is 0. The third-order valence-electron chi connectivity index (χ3n) is 0. The Kier molecular flexibility index (Phi) is 2660. The second kappa shape index (κ2) is 442. The zero-order valence-corrected chi connectivity index (χ0v) is 11.1. The first-order chi connectivity index (χ1) is 6.00. The molecule has 0 aliphatic carbocycles. The van der Waals surface area contributed by atoms with Gasteiger partial charge < -0.3 is 71.0 Å². The first kappa shape index (κ1) is 84.2. The molecule has 6 nitrogen and oxygen atoms in total. The number of nitrogens with zero attached hydrogens (tertiary/aromatic N) is 6. The molecule has 0 heterocycles. The van der Waals surface area contributed by atoms with Gasteiger partial charge in [0.15, 0.2) is 0 Å². The van der Waals surface area contributed by atoms with Gasteiger partial charge in [0.05, 0.1) is 0 Å². The van der Waals surface area contributed by atoms with Gasteiger partial charge in [-0.15, -0.1) is 0 Å². The predicted molar refractivity (Wildman–Crippen MR) is 35.6 cm³/mol. The van der Waals surface area contributed by atoms with E-state index >= 15 is 0 Å². The molecule has 0 N–H and O–H groups in total. The van der Waals surface area contributed by atoms with Crippen molar-refractivity contribution in [3.05, 3.63) is 39.4 Å². The largest absolute Gasteiger partial charge is 3.00 e. The fourth-order valence-electron chi connectivity index (χ4n) is 0. The summed E-state index contributed by atoms with van der Waals surface area (Å²) in [5.74, 6) is 0. The van der Waals surface area contributed by atoms with Crippen LogP contribution in [0.5, 0.6) is 0 Å². The van der Waals surface area contributed by atoms with Crippen LogP contribution in [-0.2, 0) is 17.1 Å². The number of rotatable bonds is 0. The maximum atomic E-state index is 6.25. The average molecular weight is 421 g/mol. The quantitative estimate of drug-likeness (QED) is 0.404. The van der Waals surface area contributed by atoms with E-state index in [-0.39, 0.29) is 43.3 Å². The molecule has 0 amide bonds. The van der Waals surface area contributed by atoms with E-state index in [1.54, 1.807) is 0 Å². The van der Waals surface area contributed by atoms with Crippen LogP contribution in [0, 0.1) is 71.0 Å². The van der Waals surface area contributed by atoms with Gasteiger partial charge in [0.25, 0.3) is 0 Å². The van der Waals surface area contributed by atoms with Crippen LogP contribution in [-0.4, -0.2) is 26.2 Å². The summed E-state index contributed by atoms with van der Waals surface area (Å²) in [6.45, 7) is 28.5. The molecule has 8 heteroatoms. The van der Waals surface area contributed by atoms with Crippen LogP contribution in [0.25, 0.3) is 0 Å². The average Bonchev–Trinajstić information content (AvgIpc) is 2.33. The summed E-state index contributed by atoms with van der Waals surface area (Å²) in [4.78, 5) is 0. The summed E-state index contributed by atoms with van der Waals surface area (Å²) >= 11 is 0. The van der Waals surface area contributed by atoms with Crippen molar-refractivity contribution in [1.29, 1.82) is 31.6 Å². The molecule has 0 aromatic rings. The number of hydrogen-bond donors (Lipinski definition) is 0. The van der Waals surface area contributed by atoms with Gasteiger partial charge in [-0.1, -0.05) is 0 Å². The summed E-state index contributed by atoms with van der Waals surface area (Å²) in [5, 5.41) is 37.5. The van der Waals surface area contributed by atoms with E-state index in [1.165, 1.54) is 0 Å². The molecular formula is C6BiFeN6. The molecule has 67 valence electrons. The maximum absolute atomic E-state index is 6.25. The molecule has 0 saturated carbocycles. The second-order valence-electron chi connectivity index (χ2n) is 0. The summed E-state index contributed by atoms with van der Waals surface area (Å²) in [5.41, 5.74) is 0. The molecule has 0 spiro atoms. The first-order valence-corrected chi connectivity index (χ1v) is 1.34. The van der Waals surface area contributed by atoms with Gasteiger partial charge in [0, 0.05) is 0 Å². The van der Waals surface area contributed by atoms with E-state index in [9.17, 15) is 0 Å². The summed E-state index contributed by atoms with van der Waals surface area (Å²) in [7, 11) is 0. The first-order valence-electron chi connectivity index (χ1n) is 1.34. The third-order valence-corrected chi connectivity index (χ3v) is 0. The molecule has 0 fully saturated rings. The Morgan fingerprint density at radius 1 is 0.357 bits per heavy atom. The van der Waals surface area contributed by atoms with Crippen molar-refractivity contribution >= 4 is 26.2 Å². The van der Waals surface area contributed by atoms with Crippen LogP contribution in [0.1, 0.15) is 0 Å². The van der Waals surface area contributed by atoms with E-state index in [2.05, 4.69) is 0 Å². The molecule has 3 radical (unpaired) electrons.